The third kappa shape index (κ3) is 9.87. The van der Waals surface area contributed by atoms with Gasteiger partial charge in [-0.05, 0) is 91.7 Å². The van der Waals surface area contributed by atoms with Crippen LogP contribution in [-0.4, -0.2) is 9.55 Å². The van der Waals surface area contributed by atoms with E-state index in [4.69, 9.17) is 9.72 Å². The molecule has 9 aromatic rings. The molecule has 0 unspecified atom stereocenters. The molecule has 5 nitrogen and oxygen atoms in total. The summed E-state index contributed by atoms with van der Waals surface area (Å²) in [4.78, 5) is 9.61. The van der Waals surface area contributed by atoms with E-state index in [0.29, 0.717) is 11.5 Å². The van der Waals surface area contributed by atoms with Crippen LogP contribution >= 0.6 is 0 Å². The van der Waals surface area contributed by atoms with Crippen molar-refractivity contribution in [1.29, 1.82) is 0 Å². The van der Waals surface area contributed by atoms with Crippen LogP contribution in [0.5, 0.6) is 11.5 Å². The molecule has 10 rings (SSSR count). The van der Waals surface area contributed by atoms with E-state index in [1.807, 2.05) is 12.3 Å². The number of benzene rings is 7. The molecule has 3 heterocycles. The van der Waals surface area contributed by atoms with Crippen molar-refractivity contribution < 1.29 is 25.8 Å². The minimum Gasteiger partial charge on any atom is -0.509 e. The minimum absolute atomic E-state index is 0. The first-order chi connectivity index (χ1) is 33.3. The van der Waals surface area contributed by atoms with Gasteiger partial charge in [-0.2, -0.15) is 6.07 Å². The average Bonchev–Trinajstić information content (AvgIpc) is 3.95. The van der Waals surface area contributed by atoms with Gasteiger partial charge in [-0.1, -0.05) is 191 Å². The quantitative estimate of drug-likeness (QED) is 0.135. The Balaban J connectivity index is 0.00000624. The van der Waals surface area contributed by atoms with Crippen LogP contribution in [0.15, 0.2) is 182 Å². The van der Waals surface area contributed by atoms with Gasteiger partial charge in [0.2, 0.25) is 0 Å². The van der Waals surface area contributed by atoms with Crippen molar-refractivity contribution in [2.75, 3.05) is 9.80 Å². The SMILES string of the molecule is CC(C)(C)C1=CN(c2[c-]c(Oc3[c-]c4c(cc3)c3cc(-c5ccccc5)ccc3n4-c3cc(C(C)(C)c4ccccc4)ccn3)cc(-c3ccccc3)c2)[CH-]N1c1cc(C(C)(C)C)cc(C(C)(C)C)c1.[Pt]. The van der Waals surface area contributed by atoms with Crippen molar-refractivity contribution in [2.45, 2.75) is 92.4 Å². The Labute approximate surface area is 436 Å². The number of fused-ring (bicyclic) bond motifs is 3. The van der Waals surface area contributed by atoms with Crippen molar-refractivity contribution in [1.82, 2.24) is 9.55 Å². The molecule has 0 bridgehead atoms. The molecule has 1 aliphatic heterocycles. The van der Waals surface area contributed by atoms with Crippen molar-refractivity contribution in [3.05, 3.63) is 223 Å². The van der Waals surface area contributed by atoms with Gasteiger partial charge in [0, 0.05) is 66.5 Å². The molecule has 1 aliphatic rings. The Hall–Kier alpha value is -6.68. The number of allylic oxidation sites excluding steroid dienone is 1. The summed E-state index contributed by atoms with van der Waals surface area (Å²) in [6.45, 7) is 27.4. The summed E-state index contributed by atoms with van der Waals surface area (Å²) in [6, 6.07) is 65.8. The van der Waals surface area contributed by atoms with Gasteiger partial charge in [0.15, 0.2) is 0 Å². The average molecular weight is 1110 g/mol. The summed E-state index contributed by atoms with van der Waals surface area (Å²) in [5, 5.41) is 2.18. The summed E-state index contributed by atoms with van der Waals surface area (Å²) >= 11 is 0. The van der Waals surface area contributed by atoms with Gasteiger partial charge in [0.25, 0.3) is 0 Å². The summed E-state index contributed by atoms with van der Waals surface area (Å²) in [5.74, 6) is 1.99. The third-order valence-corrected chi connectivity index (χ3v) is 13.8. The normalized spacial score (nSPS) is 13.4. The number of aromatic nitrogens is 2. The molecule has 0 aliphatic carbocycles. The Bertz CT molecular complexity index is 3370. The molecular weight excluding hydrogens is 1050 g/mol. The molecule has 0 amide bonds. The molecule has 0 spiro atoms. The molecule has 0 saturated carbocycles. The Morgan fingerprint density at radius 3 is 1.73 bits per heavy atom. The number of hydrogen-bond acceptors (Lipinski definition) is 4. The number of anilines is 2. The fourth-order valence-corrected chi connectivity index (χ4v) is 9.54. The number of hydrogen-bond donors (Lipinski definition) is 0. The predicted molar refractivity (Wildman–Crippen MR) is 293 cm³/mol. The Morgan fingerprint density at radius 2 is 1.11 bits per heavy atom. The smallest absolute Gasteiger partial charge is 0.135 e. The zero-order valence-electron chi connectivity index (χ0n) is 42.8. The topological polar surface area (TPSA) is 33.5 Å². The van der Waals surface area contributed by atoms with E-state index >= 15 is 0 Å². The fraction of sp³-hybridized carbons (Fsp3) is 0.231. The monoisotopic (exact) mass is 1110 g/mol. The van der Waals surface area contributed by atoms with Crippen LogP contribution in [0.4, 0.5) is 11.4 Å². The minimum atomic E-state index is -0.258. The van der Waals surface area contributed by atoms with E-state index in [-0.39, 0.29) is 42.7 Å². The molecule has 2 aromatic heterocycles. The van der Waals surface area contributed by atoms with Crippen molar-refractivity contribution in [2.24, 2.45) is 5.41 Å². The Kier molecular flexibility index (Phi) is 13.1. The van der Waals surface area contributed by atoms with Gasteiger partial charge >= 0.3 is 0 Å². The largest absolute Gasteiger partial charge is 0.509 e. The van der Waals surface area contributed by atoms with Gasteiger partial charge in [-0.3, -0.25) is 0 Å². The van der Waals surface area contributed by atoms with Gasteiger partial charge < -0.3 is 19.1 Å². The van der Waals surface area contributed by atoms with Crippen LogP contribution in [-0.2, 0) is 37.3 Å². The maximum Gasteiger partial charge on any atom is 0.135 e. The van der Waals surface area contributed by atoms with E-state index in [1.165, 1.54) is 33.5 Å². The first-order valence-electron chi connectivity index (χ1n) is 24.5. The first kappa shape index (κ1) is 49.3. The second kappa shape index (κ2) is 18.8. The van der Waals surface area contributed by atoms with Gasteiger partial charge in [0.1, 0.15) is 5.82 Å². The first-order valence-corrected chi connectivity index (χ1v) is 24.5. The van der Waals surface area contributed by atoms with E-state index in [1.54, 1.807) is 0 Å². The van der Waals surface area contributed by atoms with Gasteiger partial charge in [-0.25, -0.2) is 4.98 Å². The number of rotatable bonds is 9. The Morgan fingerprint density at radius 1 is 0.493 bits per heavy atom. The zero-order chi connectivity index (χ0) is 49.2. The van der Waals surface area contributed by atoms with E-state index in [0.717, 1.165) is 55.7 Å². The number of nitrogens with zero attached hydrogens (tertiary/aromatic N) is 4. The third-order valence-electron chi connectivity index (χ3n) is 13.8. The second-order valence-corrected chi connectivity index (χ2v) is 22.4. The standard InChI is InChI=1S/C65H63N4O.Pt/c1-62(2,3)50-36-51(63(4,5)6)38-53(37-50)68-43-67(42-60(68)64(7,8)9)52-33-47(45-23-17-13-18-24-45)34-55(40-52)70-54-28-29-56-57-35-46(44-21-15-12-16-22-44)27-30-58(57)69(59(56)41-54)61-39-49(31-32-66-61)65(10,11)48-25-19-14-20-26-48;/h12-39,42-43H,1-11H3;/q-3;. The van der Waals surface area contributed by atoms with Crippen LogP contribution in [0.1, 0.15) is 98.4 Å². The van der Waals surface area contributed by atoms with Crippen molar-refractivity contribution in [3.63, 3.8) is 0 Å². The molecule has 0 fully saturated rings. The number of pyridine rings is 1. The van der Waals surface area contributed by atoms with Gasteiger partial charge in [0.05, 0.1) is 0 Å². The van der Waals surface area contributed by atoms with Crippen molar-refractivity contribution >= 4 is 33.2 Å². The maximum absolute atomic E-state index is 6.96. The second-order valence-electron chi connectivity index (χ2n) is 22.4. The van der Waals surface area contributed by atoms with E-state index < -0.39 is 0 Å². The summed E-state index contributed by atoms with van der Waals surface area (Å²) in [6.07, 6.45) is 4.18. The molecule has 0 atom stereocenters. The van der Waals surface area contributed by atoms with Crippen molar-refractivity contribution in [3.8, 4) is 39.6 Å². The summed E-state index contributed by atoms with van der Waals surface area (Å²) in [5.41, 5.74) is 14.1. The van der Waals surface area contributed by atoms with Crippen LogP contribution in [0.25, 0.3) is 49.9 Å². The van der Waals surface area contributed by atoms with E-state index in [9.17, 15) is 0 Å². The molecule has 6 heteroatoms. The van der Waals surface area contributed by atoms with Crippen LogP contribution in [0, 0.1) is 24.2 Å². The molecule has 0 saturated heterocycles. The molecular formula is C65H63N4OPt-3. The van der Waals surface area contributed by atoms with E-state index in [2.05, 4.69) is 273 Å². The molecule has 0 radical (unpaired) electrons. The van der Waals surface area contributed by atoms with Crippen LogP contribution in [0.3, 0.4) is 0 Å². The van der Waals surface area contributed by atoms with Crippen LogP contribution in [0.2, 0.25) is 0 Å². The summed E-state index contributed by atoms with van der Waals surface area (Å²) < 4.78 is 9.19. The molecule has 362 valence electrons. The molecule has 0 N–H and O–H groups in total. The molecule has 7 aromatic carbocycles. The maximum atomic E-state index is 6.96. The zero-order valence-corrected chi connectivity index (χ0v) is 45.1. The fourth-order valence-electron chi connectivity index (χ4n) is 9.54. The summed E-state index contributed by atoms with van der Waals surface area (Å²) in [7, 11) is 0. The van der Waals surface area contributed by atoms with Gasteiger partial charge in [-0.15, -0.1) is 53.6 Å². The number of ether oxygens (including phenoxy) is 1. The molecule has 71 heavy (non-hydrogen) atoms. The van der Waals surface area contributed by atoms with Crippen LogP contribution < -0.4 is 14.5 Å². The predicted octanol–water partition coefficient (Wildman–Crippen LogP) is 17.2.